The maximum Gasteiger partial charge on any atom is 0.0548 e. The van der Waals surface area contributed by atoms with E-state index in [2.05, 4.69) is 15.9 Å². The molecule has 2 aliphatic rings. The van der Waals surface area contributed by atoms with Crippen LogP contribution in [0.2, 0.25) is 0 Å². The molecule has 0 saturated heterocycles. The van der Waals surface area contributed by atoms with Gasteiger partial charge in [-0.2, -0.15) is 0 Å². The average molecular weight is 199 g/mol. The van der Waals surface area contributed by atoms with Crippen molar-refractivity contribution in [2.45, 2.75) is 0 Å². The van der Waals surface area contributed by atoms with Gasteiger partial charge >= 0.3 is 0 Å². The van der Waals surface area contributed by atoms with Crippen molar-refractivity contribution in [1.29, 1.82) is 0 Å². The minimum Gasteiger partial charge on any atom is -0.397 e. The van der Waals surface area contributed by atoms with Gasteiger partial charge in [-0.3, -0.25) is 0 Å². The Morgan fingerprint density at radius 1 is 1.30 bits per heavy atom. The van der Waals surface area contributed by atoms with Gasteiger partial charge in [-0.05, 0) is 17.7 Å². The van der Waals surface area contributed by atoms with Gasteiger partial charge in [0.05, 0.1) is 11.4 Å². The third-order valence-corrected chi connectivity index (χ3v) is 2.74. The summed E-state index contributed by atoms with van der Waals surface area (Å²) in [6.45, 7) is 0. The molecule has 0 aromatic rings. The van der Waals surface area contributed by atoms with Crippen LogP contribution in [-0.2, 0) is 0 Å². The van der Waals surface area contributed by atoms with Gasteiger partial charge in [0, 0.05) is 10.4 Å². The summed E-state index contributed by atoms with van der Waals surface area (Å²) in [5.41, 5.74) is 13.8. The quantitative estimate of drug-likeness (QED) is 0.610. The lowest BCUT2D eigenvalue weighted by Crippen LogP contribution is -2.11. The Balaban J connectivity index is 2.39. The van der Waals surface area contributed by atoms with E-state index in [0.717, 1.165) is 0 Å². The molecule has 0 amide bonds. The zero-order valence-corrected chi connectivity index (χ0v) is 6.85. The molecular formula is C7H7BrN2. The van der Waals surface area contributed by atoms with Gasteiger partial charge in [0.1, 0.15) is 0 Å². The van der Waals surface area contributed by atoms with Crippen LogP contribution in [0.1, 0.15) is 0 Å². The largest absolute Gasteiger partial charge is 0.397 e. The van der Waals surface area contributed by atoms with Gasteiger partial charge in [-0.1, -0.05) is 15.9 Å². The number of allylic oxidation sites excluding steroid dienone is 4. The minimum atomic E-state index is 0.437. The molecule has 0 aromatic carbocycles. The first-order valence-corrected chi connectivity index (χ1v) is 3.84. The van der Waals surface area contributed by atoms with Gasteiger partial charge in [0.25, 0.3) is 0 Å². The Hall–Kier alpha value is -0.700. The lowest BCUT2D eigenvalue weighted by molar-refractivity contribution is 1.08. The normalized spacial score (nSPS) is 29.1. The zero-order chi connectivity index (χ0) is 7.30. The lowest BCUT2D eigenvalue weighted by atomic mass is 10.1. The number of nitrogens with two attached hydrogens (primary N) is 2. The predicted molar refractivity (Wildman–Crippen MR) is 44.0 cm³/mol. The van der Waals surface area contributed by atoms with Crippen LogP contribution in [-0.4, -0.2) is 0 Å². The Kier molecular flexibility index (Phi) is 1.01. The smallest absolute Gasteiger partial charge is 0.0548 e. The molecule has 0 bridgehead atoms. The van der Waals surface area contributed by atoms with Gasteiger partial charge in [-0.15, -0.1) is 0 Å². The van der Waals surface area contributed by atoms with E-state index < -0.39 is 0 Å². The molecule has 0 aromatic heterocycles. The molecule has 0 saturated carbocycles. The van der Waals surface area contributed by atoms with Crippen molar-refractivity contribution in [3.8, 4) is 0 Å². The average Bonchev–Trinajstić information content (AvgIpc) is 2.46. The Bertz CT molecular complexity index is 286. The SMILES string of the molecule is NC1=CC2=C(Br)[C@H]2C=C1N. The molecule has 2 nitrogen and oxygen atoms in total. The maximum absolute atomic E-state index is 5.58. The molecule has 0 spiro atoms. The summed E-state index contributed by atoms with van der Waals surface area (Å²) in [6, 6.07) is 0. The number of fused-ring (bicyclic) bond motifs is 1. The summed E-state index contributed by atoms with van der Waals surface area (Å²) in [6.07, 6.45) is 3.89. The maximum atomic E-state index is 5.58. The molecule has 0 fully saturated rings. The number of rotatable bonds is 0. The molecule has 2 rings (SSSR count). The van der Waals surface area contributed by atoms with E-state index in [4.69, 9.17) is 11.5 Å². The van der Waals surface area contributed by atoms with Gasteiger partial charge in [0.15, 0.2) is 0 Å². The number of halogens is 1. The number of hydrogen-bond acceptors (Lipinski definition) is 2. The van der Waals surface area contributed by atoms with E-state index >= 15 is 0 Å². The summed E-state index contributed by atoms with van der Waals surface area (Å²) in [5, 5.41) is 0. The lowest BCUT2D eigenvalue weighted by Gasteiger charge is -2.04. The van der Waals surface area contributed by atoms with E-state index in [1.54, 1.807) is 0 Å². The molecule has 10 heavy (non-hydrogen) atoms. The Labute approximate surface area is 67.4 Å². The third kappa shape index (κ3) is 0.639. The van der Waals surface area contributed by atoms with Crippen LogP contribution in [0.15, 0.2) is 33.6 Å². The summed E-state index contributed by atoms with van der Waals surface area (Å²) < 4.78 is 1.22. The van der Waals surface area contributed by atoms with E-state index in [1.807, 2.05) is 12.2 Å². The van der Waals surface area contributed by atoms with E-state index in [0.29, 0.717) is 17.3 Å². The fraction of sp³-hybridized carbons (Fsp3) is 0.143. The predicted octanol–water partition coefficient (Wildman–Crippen LogP) is 0.964. The zero-order valence-electron chi connectivity index (χ0n) is 5.26. The highest BCUT2D eigenvalue weighted by Gasteiger charge is 2.34. The van der Waals surface area contributed by atoms with Crippen molar-refractivity contribution in [1.82, 2.24) is 0 Å². The molecule has 4 N–H and O–H groups in total. The molecule has 0 unspecified atom stereocenters. The molecular weight excluding hydrogens is 192 g/mol. The molecule has 52 valence electrons. The van der Waals surface area contributed by atoms with Crippen molar-refractivity contribution >= 4 is 15.9 Å². The highest BCUT2D eigenvalue weighted by Crippen LogP contribution is 2.48. The minimum absolute atomic E-state index is 0.437. The van der Waals surface area contributed by atoms with Gasteiger partial charge in [-0.25, -0.2) is 0 Å². The Morgan fingerprint density at radius 3 is 2.60 bits per heavy atom. The molecule has 0 heterocycles. The molecule has 2 aliphatic carbocycles. The fourth-order valence-electron chi connectivity index (χ4n) is 1.08. The van der Waals surface area contributed by atoms with Crippen molar-refractivity contribution in [2.75, 3.05) is 0 Å². The molecule has 1 atom stereocenters. The van der Waals surface area contributed by atoms with Crippen molar-refractivity contribution in [3.63, 3.8) is 0 Å². The first-order valence-electron chi connectivity index (χ1n) is 3.04. The van der Waals surface area contributed by atoms with Gasteiger partial charge < -0.3 is 11.5 Å². The standard InChI is InChI=1S/C7H7BrN2/c8-7-3-1-5(9)6(10)2-4(3)7/h1-3H,9-10H2/t3-/m0/s1. The molecule has 0 radical (unpaired) electrons. The van der Waals surface area contributed by atoms with Crippen LogP contribution in [0, 0.1) is 5.92 Å². The second-order valence-electron chi connectivity index (χ2n) is 2.50. The van der Waals surface area contributed by atoms with E-state index in [1.165, 1.54) is 10.1 Å². The van der Waals surface area contributed by atoms with Crippen molar-refractivity contribution < 1.29 is 0 Å². The third-order valence-electron chi connectivity index (χ3n) is 1.79. The van der Waals surface area contributed by atoms with Gasteiger partial charge in [0.2, 0.25) is 0 Å². The highest BCUT2D eigenvalue weighted by atomic mass is 79.9. The first-order chi connectivity index (χ1) is 4.70. The van der Waals surface area contributed by atoms with Crippen LogP contribution >= 0.6 is 15.9 Å². The monoisotopic (exact) mass is 198 g/mol. The Morgan fingerprint density at radius 2 is 2.00 bits per heavy atom. The van der Waals surface area contributed by atoms with Crippen LogP contribution < -0.4 is 11.5 Å². The first kappa shape index (κ1) is 6.04. The summed E-state index contributed by atoms with van der Waals surface area (Å²) in [4.78, 5) is 0. The molecule has 3 heteroatoms. The van der Waals surface area contributed by atoms with Crippen LogP contribution in [0.25, 0.3) is 0 Å². The van der Waals surface area contributed by atoms with E-state index in [9.17, 15) is 0 Å². The number of hydrogen-bond donors (Lipinski definition) is 2. The summed E-state index contributed by atoms with van der Waals surface area (Å²) >= 11 is 3.41. The van der Waals surface area contributed by atoms with Crippen LogP contribution in [0.5, 0.6) is 0 Å². The second kappa shape index (κ2) is 1.66. The highest BCUT2D eigenvalue weighted by molar-refractivity contribution is 9.12. The van der Waals surface area contributed by atoms with Crippen LogP contribution in [0.3, 0.4) is 0 Å². The van der Waals surface area contributed by atoms with Crippen molar-refractivity contribution in [3.05, 3.63) is 33.6 Å². The summed E-state index contributed by atoms with van der Waals surface area (Å²) in [5.74, 6) is 0.437. The van der Waals surface area contributed by atoms with Crippen LogP contribution in [0.4, 0.5) is 0 Å². The second-order valence-corrected chi connectivity index (χ2v) is 3.36. The van der Waals surface area contributed by atoms with E-state index in [-0.39, 0.29) is 0 Å². The summed E-state index contributed by atoms with van der Waals surface area (Å²) in [7, 11) is 0. The topological polar surface area (TPSA) is 52.0 Å². The van der Waals surface area contributed by atoms with Crippen molar-refractivity contribution in [2.24, 2.45) is 17.4 Å². The fourth-order valence-corrected chi connectivity index (χ4v) is 1.70. The molecule has 0 aliphatic heterocycles.